The zero-order chi connectivity index (χ0) is 20.5. The fourth-order valence-corrected chi connectivity index (χ4v) is 4.92. The Labute approximate surface area is 172 Å². The lowest BCUT2D eigenvalue weighted by atomic mass is 10.1. The third-order valence-electron chi connectivity index (χ3n) is 5.09. The van der Waals surface area contributed by atoms with Crippen LogP contribution < -0.4 is 10.9 Å². The Morgan fingerprint density at radius 3 is 2.69 bits per heavy atom. The van der Waals surface area contributed by atoms with Crippen molar-refractivity contribution in [3.8, 4) is 0 Å². The third kappa shape index (κ3) is 4.00. The third-order valence-corrected chi connectivity index (χ3v) is 6.29. The van der Waals surface area contributed by atoms with Gasteiger partial charge in [-0.05, 0) is 55.0 Å². The van der Waals surface area contributed by atoms with E-state index in [0.717, 1.165) is 29.7 Å². The number of hydrogen-bond acceptors (Lipinski definition) is 5. The monoisotopic (exact) mass is 409 g/mol. The van der Waals surface area contributed by atoms with Gasteiger partial charge in [0.25, 0.3) is 5.56 Å². The van der Waals surface area contributed by atoms with E-state index in [4.69, 9.17) is 0 Å². The van der Waals surface area contributed by atoms with Crippen molar-refractivity contribution in [1.29, 1.82) is 0 Å². The summed E-state index contributed by atoms with van der Waals surface area (Å²) in [7, 11) is 0. The number of rotatable bonds is 6. The molecule has 7 heteroatoms. The molecule has 0 saturated carbocycles. The highest BCUT2D eigenvalue weighted by molar-refractivity contribution is 7.18. The second-order valence-electron chi connectivity index (χ2n) is 7.86. The molecule has 2 aromatic heterocycles. The summed E-state index contributed by atoms with van der Waals surface area (Å²) in [5.41, 5.74) is 2.13. The molecule has 6 nitrogen and oxygen atoms in total. The normalized spacial score (nSPS) is 13.1. The number of ketones is 1. The van der Waals surface area contributed by atoms with Gasteiger partial charge >= 0.3 is 0 Å². The van der Waals surface area contributed by atoms with Gasteiger partial charge in [0.1, 0.15) is 4.83 Å². The molecule has 0 fully saturated rings. The molecule has 0 bridgehead atoms. The first-order valence-corrected chi connectivity index (χ1v) is 10.7. The maximum atomic E-state index is 12.9. The molecule has 0 radical (unpaired) electrons. The number of benzene rings is 1. The van der Waals surface area contributed by atoms with Crippen LogP contribution in [0.5, 0.6) is 0 Å². The number of fused-ring (bicyclic) bond motifs is 3. The number of carbonyl (C=O) groups is 2. The Balaban J connectivity index is 1.50. The summed E-state index contributed by atoms with van der Waals surface area (Å²) in [5.74, 6) is 0.0676. The summed E-state index contributed by atoms with van der Waals surface area (Å²) in [4.78, 5) is 43.9. The number of nitrogens with zero attached hydrogens (tertiary/aromatic N) is 2. The van der Waals surface area contributed by atoms with Gasteiger partial charge in [0.2, 0.25) is 5.91 Å². The van der Waals surface area contributed by atoms with Gasteiger partial charge in [-0.2, -0.15) is 0 Å². The average molecular weight is 410 g/mol. The Kier molecular flexibility index (Phi) is 5.32. The van der Waals surface area contributed by atoms with Crippen molar-refractivity contribution in [3.05, 3.63) is 57.0 Å². The van der Waals surface area contributed by atoms with Crippen LogP contribution in [0.3, 0.4) is 0 Å². The maximum absolute atomic E-state index is 12.9. The first-order chi connectivity index (χ1) is 13.9. The van der Waals surface area contributed by atoms with Crippen LogP contribution in [0.1, 0.15) is 47.5 Å². The van der Waals surface area contributed by atoms with E-state index >= 15 is 0 Å². The standard InChI is InChI=1S/C22H23N3O3S/c1-13(2)10-19(27)24-15-8-6-14(7-9-15)17(26)11-25-12-23-21-20(22(25)28)16-4-3-5-18(16)29-21/h6-9,12-13H,3-5,10-11H2,1-2H3,(H,24,27). The molecule has 150 valence electrons. The van der Waals surface area contributed by atoms with Crippen molar-refractivity contribution in [2.45, 2.75) is 46.1 Å². The summed E-state index contributed by atoms with van der Waals surface area (Å²) < 4.78 is 1.40. The Hall–Kier alpha value is -2.80. The van der Waals surface area contributed by atoms with E-state index in [0.29, 0.717) is 23.1 Å². The molecule has 0 saturated heterocycles. The highest BCUT2D eigenvalue weighted by atomic mass is 32.1. The number of aromatic nitrogens is 2. The van der Waals surface area contributed by atoms with E-state index in [2.05, 4.69) is 10.3 Å². The zero-order valence-corrected chi connectivity index (χ0v) is 17.3. The molecule has 0 unspecified atom stereocenters. The molecule has 1 N–H and O–H groups in total. The van der Waals surface area contributed by atoms with E-state index in [-0.39, 0.29) is 29.7 Å². The van der Waals surface area contributed by atoms with Crippen molar-refractivity contribution in [3.63, 3.8) is 0 Å². The summed E-state index contributed by atoms with van der Waals surface area (Å²) >= 11 is 1.59. The van der Waals surface area contributed by atoms with Crippen LogP contribution in [0.2, 0.25) is 0 Å². The van der Waals surface area contributed by atoms with Crippen LogP contribution in [0.25, 0.3) is 10.2 Å². The van der Waals surface area contributed by atoms with E-state index in [1.54, 1.807) is 35.6 Å². The lowest BCUT2D eigenvalue weighted by Gasteiger charge is -2.08. The van der Waals surface area contributed by atoms with Crippen LogP contribution in [0.4, 0.5) is 5.69 Å². The molecule has 3 aromatic rings. The first-order valence-electron chi connectivity index (χ1n) is 9.85. The van der Waals surface area contributed by atoms with Gasteiger partial charge in [-0.15, -0.1) is 11.3 Å². The van der Waals surface area contributed by atoms with Gasteiger partial charge in [0.05, 0.1) is 18.3 Å². The maximum Gasteiger partial charge on any atom is 0.262 e. The molecule has 1 aromatic carbocycles. The lowest BCUT2D eigenvalue weighted by Crippen LogP contribution is -2.24. The van der Waals surface area contributed by atoms with Crippen LogP contribution in [-0.2, 0) is 24.2 Å². The molecule has 2 heterocycles. The topological polar surface area (TPSA) is 81.1 Å². The average Bonchev–Trinajstić information content (AvgIpc) is 3.25. The number of Topliss-reactive ketones (excluding diaryl/α,β-unsaturated/α-hetero) is 1. The van der Waals surface area contributed by atoms with Gasteiger partial charge in [-0.3, -0.25) is 19.0 Å². The van der Waals surface area contributed by atoms with E-state index in [9.17, 15) is 14.4 Å². The van der Waals surface area contributed by atoms with Crippen molar-refractivity contribution >= 4 is 38.9 Å². The van der Waals surface area contributed by atoms with Crippen molar-refractivity contribution in [2.75, 3.05) is 5.32 Å². The number of nitrogens with one attached hydrogen (secondary N) is 1. The second-order valence-corrected chi connectivity index (χ2v) is 8.95. The van der Waals surface area contributed by atoms with E-state index in [1.165, 1.54) is 15.8 Å². The van der Waals surface area contributed by atoms with Gasteiger partial charge in [0, 0.05) is 22.5 Å². The molecule has 0 spiro atoms. The minimum absolute atomic E-state index is 0.0479. The van der Waals surface area contributed by atoms with Gasteiger partial charge < -0.3 is 5.32 Å². The Morgan fingerprint density at radius 1 is 1.21 bits per heavy atom. The van der Waals surface area contributed by atoms with Crippen LogP contribution in [0, 0.1) is 5.92 Å². The number of aryl methyl sites for hydroxylation is 2. The predicted molar refractivity (Wildman–Crippen MR) is 115 cm³/mol. The van der Waals surface area contributed by atoms with Crippen molar-refractivity contribution in [2.24, 2.45) is 5.92 Å². The van der Waals surface area contributed by atoms with Gasteiger partial charge in [0.15, 0.2) is 5.78 Å². The summed E-state index contributed by atoms with van der Waals surface area (Å²) in [6, 6.07) is 6.77. The quantitative estimate of drug-likeness (QED) is 0.628. The minimum atomic E-state index is -0.166. The fraction of sp³-hybridized carbons (Fsp3) is 0.364. The number of thiophene rings is 1. The van der Waals surface area contributed by atoms with Crippen LogP contribution in [-0.4, -0.2) is 21.2 Å². The summed E-state index contributed by atoms with van der Waals surface area (Å²) in [5, 5.41) is 3.51. The van der Waals surface area contributed by atoms with Crippen molar-refractivity contribution < 1.29 is 9.59 Å². The highest BCUT2D eigenvalue weighted by Gasteiger charge is 2.21. The highest BCUT2D eigenvalue weighted by Crippen LogP contribution is 2.34. The second kappa shape index (κ2) is 7.91. The Morgan fingerprint density at radius 2 is 1.97 bits per heavy atom. The molecular formula is C22H23N3O3S. The van der Waals surface area contributed by atoms with E-state index in [1.807, 2.05) is 13.8 Å². The summed E-state index contributed by atoms with van der Waals surface area (Å²) in [6.07, 6.45) is 4.91. The lowest BCUT2D eigenvalue weighted by molar-refractivity contribution is -0.116. The Bertz CT molecular complexity index is 1140. The molecule has 0 atom stereocenters. The predicted octanol–water partition coefficient (Wildman–Crippen LogP) is 3.81. The molecule has 0 aliphatic heterocycles. The first kappa shape index (κ1) is 19.5. The number of carbonyl (C=O) groups excluding carboxylic acids is 2. The largest absolute Gasteiger partial charge is 0.326 e. The molecule has 1 aliphatic rings. The molecule has 1 aliphatic carbocycles. The minimum Gasteiger partial charge on any atom is -0.326 e. The van der Waals surface area contributed by atoms with Gasteiger partial charge in [-0.25, -0.2) is 4.98 Å². The van der Waals surface area contributed by atoms with Crippen LogP contribution in [0.15, 0.2) is 35.4 Å². The number of amides is 1. The smallest absolute Gasteiger partial charge is 0.262 e. The van der Waals surface area contributed by atoms with Crippen molar-refractivity contribution in [1.82, 2.24) is 9.55 Å². The number of anilines is 1. The molecule has 29 heavy (non-hydrogen) atoms. The summed E-state index contributed by atoms with van der Waals surface area (Å²) in [6.45, 7) is 3.92. The molecule has 1 amide bonds. The fourth-order valence-electron chi connectivity index (χ4n) is 3.70. The van der Waals surface area contributed by atoms with Gasteiger partial charge in [-0.1, -0.05) is 13.8 Å². The van der Waals surface area contributed by atoms with Crippen LogP contribution >= 0.6 is 11.3 Å². The zero-order valence-electron chi connectivity index (χ0n) is 16.5. The molecule has 4 rings (SSSR count). The van der Waals surface area contributed by atoms with E-state index < -0.39 is 0 Å². The number of hydrogen-bond donors (Lipinski definition) is 1. The molecular weight excluding hydrogens is 386 g/mol. The SMILES string of the molecule is CC(C)CC(=O)Nc1ccc(C(=O)Cn2cnc3sc4c(c3c2=O)CCC4)cc1.